The van der Waals surface area contributed by atoms with Crippen molar-refractivity contribution in [1.82, 2.24) is 15.1 Å². The maximum Gasteiger partial charge on any atom is 0.227 e. The Hall–Kier alpha value is -2.59. The number of aromatic nitrogens is 2. The van der Waals surface area contributed by atoms with Gasteiger partial charge in [-0.25, -0.2) is 0 Å². The molecule has 0 aliphatic heterocycles. The second-order valence-corrected chi connectivity index (χ2v) is 7.85. The molecule has 3 aromatic rings. The van der Waals surface area contributed by atoms with E-state index >= 15 is 0 Å². The molecule has 0 unspecified atom stereocenters. The van der Waals surface area contributed by atoms with Crippen LogP contribution in [0.1, 0.15) is 54.1 Å². The largest absolute Gasteiger partial charge is 0.349 e. The molecule has 2 atom stereocenters. The number of carbonyl (C=O) groups is 1. The molecule has 0 bridgehead atoms. The lowest BCUT2D eigenvalue weighted by atomic mass is 9.91. The van der Waals surface area contributed by atoms with Gasteiger partial charge < -0.3 is 5.32 Å². The molecule has 1 aliphatic rings. The Kier molecular flexibility index (Phi) is 5.49. The van der Waals surface area contributed by atoms with Gasteiger partial charge in [0.15, 0.2) is 0 Å². The first-order valence-corrected chi connectivity index (χ1v) is 10.1. The van der Waals surface area contributed by atoms with Crippen molar-refractivity contribution in [3.63, 3.8) is 0 Å². The molecule has 1 amide bonds. The standard InChI is InChI=1S/C23H24ClN3O/c1-16(18-6-3-2-4-7-18)23(28)26-21-8-5-9-22-20(21)14-25-27(22)15-17-10-12-19(24)13-11-17/h2-4,6-7,10-14,16,21H,5,8-9,15H2,1H3,(H,26,28)/t16-,21+/m1/s1. The highest BCUT2D eigenvalue weighted by Crippen LogP contribution is 2.31. The lowest BCUT2D eigenvalue weighted by Crippen LogP contribution is -2.33. The summed E-state index contributed by atoms with van der Waals surface area (Å²) in [6.45, 7) is 2.67. The molecule has 0 saturated heterocycles. The molecule has 0 radical (unpaired) electrons. The molecule has 5 heteroatoms. The van der Waals surface area contributed by atoms with Crippen LogP contribution in [-0.2, 0) is 17.8 Å². The zero-order valence-electron chi connectivity index (χ0n) is 15.9. The van der Waals surface area contributed by atoms with Crippen LogP contribution >= 0.6 is 11.6 Å². The highest BCUT2D eigenvalue weighted by Gasteiger charge is 2.27. The number of nitrogens with one attached hydrogen (secondary N) is 1. The fraction of sp³-hybridized carbons (Fsp3) is 0.304. The van der Waals surface area contributed by atoms with Crippen molar-refractivity contribution >= 4 is 17.5 Å². The van der Waals surface area contributed by atoms with E-state index in [2.05, 4.69) is 15.1 Å². The second-order valence-electron chi connectivity index (χ2n) is 7.42. The summed E-state index contributed by atoms with van der Waals surface area (Å²) in [6.07, 6.45) is 4.91. The van der Waals surface area contributed by atoms with Crippen LogP contribution in [0.15, 0.2) is 60.8 Å². The predicted octanol–water partition coefficient (Wildman–Crippen LogP) is 4.88. The van der Waals surface area contributed by atoms with Gasteiger partial charge in [-0.3, -0.25) is 9.48 Å². The number of benzene rings is 2. The number of rotatable bonds is 5. The summed E-state index contributed by atoms with van der Waals surface area (Å²) < 4.78 is 2.05. The Morgan fingerprint density at radius 1 is 1.21 bits per heavy atom. The number of amides is 1. The van der Waals surface area contributed by atoms with E-state index in [1.165, 1.54) is 11.3 Å². The average molecular weight is 394 g/mol. The third-order valence-corrected chi connectivity index (χ3v) is 5.77. The van der Waals surface area contributed by atoms with Crippen molar-refractivity contribution in [3.05, 3.63) is 88.2 Å². The summed E-state index contributed by atoms with van der Waals surface area (Å²) >= 11 is 5.98. The van der Waals surface area contributed by atoms with Crippen molar-refractivity contribution in [3.8, 4) is 0 Å². The summed E-state index contributed by atoms with van der Waals surface area (Å²) in [5.74, 6) is -0.106. The minimum Gasteiger partial charge on any atom is -0.349 e. The Labute approximate surface area is 170 Å². The summed E-state index contributed by atoms with van der Waals surface area (Å²) in [7, 11) is 0. The van der Waals surface area contributed by atoms with Gasteiger partial charge in [0.25, 0.3) is 0 Å². The Bertz CT molecular complexity index is 950. The highest BCUT2D eigenvalue weighted by atomic mass is 35.5. The van der Waals surface area contributed by atoms with Crippen LogP contribution in [0.5, 0.6) is 0 Å². The van der Waals surface area contributed by atoms with Gasteiger partial charge in [-0.1, -0.05) is 54.1 Å². The number of halogens is 1. The molecule has 1 heterocycles. The summed E-state index contributed by atoms with van der Waals surface area (Å²) in [4.78, 5) is 12.8. The van der Waals surface area contributed by atoms with E-state index in [9.17, 15) is 4.79 Å². The average Bonchev–Trinajstić information content (AvgIpc) is 3.13. The minimum absolute atomic E-state index is 0.0291. The van der Waals surface area contributed by atoms with E-state index in [1.54, 1.807) is 0 Å². The smallest absolute Gasteiger partial charge is 0.227 e. The Morgan fingerprint density at radius 3 is 2.71 bits per heavy atom. The number of hydrogen-bond acceptors (Lipinski definition) is 2. The van der Waals surface area contributed by atoms with E-state index in [1.807, 2.05) is 67.7 Å². The van der Waals surface area contributed by atoms with Crippen molar-refractivity contribution < 1.29 is 4.79 Å². The molecule has 0 fully saturated rings. The molecule has 28 heavy (non-hydrogen) atoms. The number of fused-ring (bicyclic) bond motifs is 1. The fourth-order valence-corrected chi connectivity index (χ4v) is 3.98. The third-order valence-electron chi connectivity index (χ3n) is 5.52. The molecule has 2 aromatic carbocycles. The second kappa shape index (κ2) is 8.19. The van der Waals surface area contributed by atoms with E-state index < -0.39 is 0 Å². The highest BCUT2D eigenvalue weighted by molar-refractivity contribution is 6.30. The van der Waals surface area contributed by atoms with Gasteiger partial charge in [0.2, 0.25) is 5.91 Å². The van der Waals surface area contributed by atoms with Gasteiger partial charge in [0.05, 0.1) is 24.7 Å². The quantitative estimate of drug-likeness (QED) is 0.671. The monoisotopic (exact) mass is 393 g/mol. The van der Waals surface area contributed by atoms with Crippen LogP contribution in [0.4, 0.5) is 0 Å². The maximum atomic E-state index is 12.8. The van der Waals surface area contributed by atoms with E-state index in [0.29, 0.717) is 6.54 Å². The zero-order chi connectivity index (χ0) is 19.5. The van der Waals surface area contributed by atoms with Crippen LogP contribution in [0, 0.1) is 0 Å². The summed E-state index contributed by atoms with van der Waals surface area (Å²) in [5.41, 5.74) is 4.57. The van der Waals surface area contributed by atoms with Gasteiger partial charge in [0, 0.05) is 16.3 Å². The van der Waals surface area contributed by atoms with Crippen molar-refractivity contribution in [2.45, 2.75) is 44.7 Å². The zero-order valence-corrected chi connectivity index (χ0v) is 16.7. The lowest BCUT2D eigenvalue weighted by Gasteiger charge is -2.25. The van der Waals surface area contributed by atoms with E-state index in [-0.39, 0.29) is 17.9 Å². The molecule has 0 saturated carbocycles. The van der Waals surface area contributed by atoms with E-state index in [0.717, 1.165) is 35.4 Å². The van der Waals surface area contributed by atoms with E-state index in [4.69, 9.17) is 11.6 Å². The molecular weight excluding hydrogens is 370 g/mol. The molecular formula is C23H24ClN3O. The molecule has 4 nitrogen and oxygen atoms in total. The van der Waals surface area contributed by atoms with Crippen molar-refractivity contribution in [1.29, 1.82) is 0 Å². The van der Waals surface area contributed by atoms with Crippen LogP contribution < -0.4 is 5.32 Å². The van der Waals surface area contributed by atoms with Crippen LogP contribution in [0.2, 0.25) is 5.02 Å². The third kappa shape index (κ3) is 3.97. The summed E-state index contributed by atoms with van der Waals surface area (Å²) in [5, 5.41) is 8.59. The van der Waals surface area contributed by atoms with Gasteiger partial charge in [-0.15, -0.1) is 0 Å². The molecule has 1 aliphatic carbocycles. The minimum atomic E-state index is -0.171. The first-order valence-electron chi connectivity index (χ1n) is 9.76. The van der Waals surface area contributed by atoms with Crippen LogP contribution in [0.3, 0.4) is 0 Å². The molecule has 1 aromatic heterocycles. The Balaban J connectivity index is 1.49. The van der Waals surface area contributed by atoms with Crippen LogP contribution in [0.25, 0.3) is 0 Å². The van der Waals surface area contributed by atoms with Gasteiger partial charge in [-0.2, -0.15) is 5.10 Å². The fourth-order valence-electron chi connectivity index (χ4n) is 3.86. The number of carbonyl (C=O) groups excluding carboxylic acids is 1. The molecule has 4 rings (SSSR count). The Morgan fingerprint density at radius 2 is 1.96 bits per heavy atom. The topological polar surface area (TPSA) is 46.9 Å². The van der Waals surface area contributed by atoms with Crippen molar-refractivity contribution in [2.24, 2.45) is 0 Å². The normalized spacial score (nSPS) is 17.0. The van der Waals surface area contributed by atoms with Crippen molar-refractivity contribution in [2.75, 3.05) is 0 Å². The lowest BCUT2D eigenvalue weighted by molar-refractivity contribution is -0.123. The number of hydrogen-bond donors (Lipinski definition) is 1. The first-order chi connectivity index (χ1) is 13.6. The van der Waals surface area contributed by atoms with Gasteiger partial charge >= 0.3 is 0 Å². The van der Waals surface area contributed by atoms with Crippen LogP contribution in [-0.4, -0.2) is 15.7 Å². The molecule has 0 spiro atoms. The summed E-state index contributed by atoms with van der Waals surface area (Å²) in [6, 6.07) is 17.8. The number of nitrogens with zero attached hydrogens (tertiary/aromatic N) is 2. The molecule has 144 valence electrons. The van der Waals surface area contributed by atoms with Gasteiger partial charge in [0.1, 0.15) is 0 Å². The maximum absolute atomic E-state index is 12.8. The molecule has 1 N–H and O–H groups in total. The van der Waals surface area contributed by atoms with Gasteiger partial charge in [-0.05, 0) is 49.4 Å². The SMILES string of the molecule is C[C@@H](C(=O)N[C@H]1CCCc2c1cnn2Cc1ccc(Cl)cc1)c1ccccc1. The first kappa shape index (κ1) is 18.8. The predicted molar refractivity (Wildman–Crippen MR) is 111 cm³/mol.